The van der Waals surface area contributed by atoms with E-state index in [0.717, 1.165) is 27.8 Å². The second-order valence-corrected chi connectivity index (χ2v) is 8.54. The van der Waals surface area contributed by atoms with Crippen molar-refractivity contribution in [2.75, 3.05) is 23.7 Å². The number of amides is 1. The summed E-state index contributed by atoms with van der Waals surface area (Å²) in [6, 6.07) is 9.90. The summed E-state index contributed by atoms with van der Waals surface area (Å²) in [6.07, 6.45) is 0.977. The fourth-order valence-electron chi connectivity index (χ4n) is 2.93. The molecule has 0 aliphatic carbocycles. The van der Waals surface area contributed by atoms with E-state index in [2.05, 4.69) is 5.32 Å². The van der Waals surface area contributed by atoms with Crippen LogP contribution in [0.15, 0.2) is 42.5 Å². The number of hydrogen-bond donors (Lipinski definition) is 1. The van der Waals surface area contributed by atoms with Gasteiger partial charge in [-0.25, -0.2) is 12.8 Å². The summed E-state index contributed by atoms with van der Waals surface area (Å²) in [5.41, 5.74) is 2.25. The smallest absolute Gasteiger partial charge is 0.243 e. The number of carbonyl (C=O) groups is 1. The van der Waals surface area contributed by atoms with Crippen LogP contribution in [0, 0.1) is 19.7 Å². The van der Waals surface area contributed by atoms with Crippen molar-refractivity contribution in [2.24, 2.45) is 0 Å². The van der Waals surface area contributed by atoms with Gasteiger partial charge in [-0.3, -0.25) is 9.10 Å². The van der Waals surface area contributed by atoms with Crippen molar-refractivity contribution in [3.05, 3.63) is 59.4 Å². The average molecular weight is 408 g/mol. The molecule has 28 heavy (non-hydrogen) atoms. The Bertz CT molecular complexity index is 927. The average Bonchev–Trinajstić information content (AvgIpc) is 2.56. The van der Waals surface area contributed by atoms with Crippen LogP contribution in [0.3, 0.4) is 0 Å². The third-order valence-electron chi connectivity index (χ3n) is 4.02. The van der Waals surface area contributed by atoms with Crippen molar-refractivity contribution in [3.8, 4) is 5.75 Å². The van der Waals surface area contributed by atoms with Crippen molar-refractivity contribution in [1.82, 2.24) is 5.32 Å². The maximum atomic E-state index is 13.5. The van der Waals surface area contributed by atoms with Gasteiger partial charge >= 0.3 is 0 Å². The summed E-state index contributed by atoms with van der Waals surface area (Å²) in [6.45, 7) is 5.83. The lowest BCUT2D eigenvalue weighted by atomic mass is 10.1. The van der Waals surface area contributed by atoms with E-state index in [4.69, 9.17) is 4.74 Å². The molecule has 0 aromatic heterocycles. The summed E-state index contributed by atoms with van der Waals surface area (Å²) in [5.74, 6) is -0.378. The molecular formula is C20H25FN2O4S. The molecule has 0 bridgehead atoms. The monoisotopic (exact) mass is 408 g/mol. The van der Waals surface area contributed by atoms with Crippen LogP contribution in [0.5, 0.6) is 5.75 Å². The molecule has 0 aliphatic heterocycles. The van der Waals surface area contributed by atoms with Gasteiger partial charge < -0.3 is 10.1 Å². The van der Waals surface area contributed by atoms with Gasteiger partial charge in [0.2, 0.25) is 15.9 Å². The quantitative estimate of drug-likeness (QED) is 0.682. The number of ether oxygens (including phenoxy) is 1. The zero-order chi connectivity index (χ0) is 20.9. The first-order valence-electron chi connectivity index (χ1n) is 8.81. The third kappa shape index (κ3) is 5.95. The van der Waals surface area contributed by atoms with E-state index in [1.54, 1.807) is 0 Å². The fraction of sp³-hybridized carbons (Fsp3) is 0.350. The molecular weight excluding hydrogens is 383 g/mol. The second kappa shape index (κ2) is 9.05. The number of benzene rings is 2. The Morgan fingerprint density at radius 3 is 2.39 bits per heavy atom. The van der Waals surface area contributed by atoms with E-state index in [1.807, 2.05) is 32.0 Å². The molecule has 0 radical (unpaired) electrons. The SMILES string of the molecule is Cc1cc(C)cc(OCCNC(=O)C(C)N(c2cccc(F)c2)S(C)(=O)=O)c1. The minimum Gasteiger partial charge on any atom is -0.492 e. The van der Waals surface area contributed by atoms with Gasteiger partial charge in [-0.15, -0.1) is 0 Å². The van der Waals surface area contributed by atoms with Gasteiger partial charge in [-0.1, -0.05) is 12.1 Å². The lowest BCUT2D eigenvalue weighted by Gasteiger charge is -2.28. The van der Waals surface area contributed by atoms with Crippen molar-refractivity contribution in [3.63, 3.8) is 0 Å². The lowest BCUT2D eigenvalue weighted by Crippen LogP contribution is -2.48. The Labute approximate surface area is 165 Å². The molecule has 2 rings (SSSR count). The number of anilines is 1. The van der Waals surface area contributed by atoms with Crippen LogP contribution in [0.25, 0.3) is 0 Å². The molecule has 0 spiro atoms. The number of nitrogens with one attached hydrogen (secondary N) is 1. The third-order valence-corrected chi connectivity index (χ3v) is 5.26. The van der Waals surface area contributed by atoms with Gasteiger partial charge in [0.25, 0.3) is 0 Å². The molecule has 0 aliphatic rings. The molecule has 0 fully saturated rings. The van der Waals surface area contributed by atoms with Crippen LogP contribution in [-0.4, -0.2) is 39.8 Å². The molecule has 0 heterocycles. The molecule has 2 aromatic rings. The molecule has 1 atom stereocenters. The van der Waals surface area contributed by atoms with Crippen molar-refractivity contribution in [1.29, 1.82) is 0 Å². The number of nitrogens with zero attached hydrogens (tertiary/aromatic N) is 1. The highest BCUT2D eigenvalue weighted by Crippen LogP contribution is 2.21. The largest absolute Gasteiger partial charge is 0.492 e. The lowest BCUT2D eigenvalue weighted by molar-refractivity contribution is -0.121. The fourth-order valence-corrected chi connectivity index (χ4v) is 4.10. The number of halogens is 1. The van der Waals surface area contributed by atoms with E-state index >= 15 is 0 Å². The van der Waals surface area contributed by atoms with E-state index in [1.165, 1.54) is 25.1 Å². The van der Waals surface area contributed by atoms with Gasteiger partial charge in [0.15, 0.2) is 0 Å². The van der Waals surface area contributed by atoms with Gasteiger partial charge in [0.1, 0.15) is 24.2 Å². The highest BCUT2D eigenvalue weighted by atomic mass is 32.2. The minimum atomic E-state index is -3.79. The zero-order valence-corrected chi connectivity index (χ0v) is 17.2. The van der Waals surface area contributed by atoms with Gasteiger partial charge in [-0.05, 0) is 62.2 Å². The molecule has 1 amide bonds. The first-order chi connectivity index (χ1) is 13.1. The maximum Gasteiger partial charge on any atom is 0.243 e. The summed E-state index contributed by atoms with van der Waals surface area (Å²) < 4.78 is 44.4. The highest BCUT2D eigenvalue weighted by Gasteiger charge is 2.29. The molecule has 0 saturated heterocycles. The maximum absolute atomic E-state index is 13.5. The summed E-state index contributed by atoms with van der Waals surface area (Å²) in [7, 11) is -3.79. The van der Waals surface area contributed by atoms with Crippen LogP contribution in [-0.2, 0) is 14.8 Å². The van der Waals surface area contributed by atoms with Crippen molar-refractivity contribution >= 4 is 21.6 Å². The number of carbonyl (C=O) groups excluding carboxylic acids is 1. The van der Waals surface area contributed by atoms with Crippen molar-refractivity contribution < 1.29 is 22.3 Å². The van der Waals surface area contributed by atoms with Crippen LogP contribution < -0.4 is 14.4 Å². The Kier molecular flexibility index (Phi) is 7.01. The number of rotatable bonds is 8. The standard InChI is InChI=1S/C20H25FN2O4S/c1-14-10-15(2)12-19(11-14)27-9-8-22-20(24)16(3)23(28(4,25)26)18-7-5-6-17(21)13-18/h5-7,10-13,16H,8-9H2,1-4H3,(H,22,24). The van der Waals surface area contributed by atoms with E-state index in [0.29, 0.717) is 5.75 Å². The predicted molar refractivity (Wildman–Crippen MR) is 108 cm³/mol. The second-order valence-electron chi connectivity index (χ2n) is 6.68. The number of aryl methyl sites for hydroxylation is 2. The van der Waals surface area contributed by atoms with Crippen molar-refractivity contribution in [2.45, 2.75) is 26.8 Å². The first-order valence-corrected chi connectivity index (χ1v) is 10.7. The van der Waals surface area contributed by atoms with Gasteiger partial charge in [0, 0.05) is 0 Å². The summed E-state index contributed by atoms with van der Waals surface area (Å²) in [5, 5.41) is 2.66. The van der Waals surface area contributed by atoms with Gasteiger partial charge in [0.05, 0.1) is 18.5 Å². The Morgan fingerprint density at radius 1 is 1.18 bits per heavy atom. The minimum absolute atomic E-state index is 0.0941. The number of hydrogen-bond acceptors (Lipinski definition) is 4. The molecule has 1 unspecified atom stereocenters. The predicted octanol–water partition coefficient (Wildman–Crippen LogP) is 2.79. The van der Waals surface area contributed by atoms with Crippen LogP contribution in [0.2, 0.25) is 0 Å². The normalized spacial score (nSPS) is 12.3. The number of sulfonamides is 1. The van der Waals surface area contributed by atoms with Crippen LogP contribution in [0.4, 0.5) is 10.1 Å². The molecule has 8 heteroatoms. The Hall–Kier alpha value is -2.61. The summed E-state index contributed by atoms with van der Waals surface area (Å²) >= 11 is 0. The van der Waals surface area contributed by atoms with Crippen LogP contribution in [0.1, 0.15) is 18.1 Å². The Balaban J connectivity index is 1.99. The van der Waals surface area contributed by atoms with E-state index in [-0.39, 0.29) is 18.8 Å². The Morgan fingerprint density at radius 2 is 1.82 bits per heavy atom. The molecule has 2 aromatic carbocycles. The first kappa shape index (κ1) is 21.7. The zero-order valence-electron chi connectivity index (χ0n) is 16.4. The molecule has 0 saturated carbocycles. The molecule has 6 nitrogen and oxygen atoms in total. The summed E-state index contributed by atoms with van der Waals surface area (Å²) in [4.78, 5) is 12.4. The highest BCUT2D eigenvalue weighted by molar-refractivity contribution is 7.92. The van der Waals surface area contributed by atoms with Crippen LogP contribution >= 0.6 is 0 Å². The molecule has 152 valence electrons. The van der Waals surface area contributed by atoms with Gasteiger partial charge in [-0.2, -0.15) is 0 Å². The van der Waals surface area contributed by atoms with E-state index < -0.39 is 27.8 Å². The molecule has 1 N–H and O–H groups in total. The topological polar surface area (TPSA) is 75.7 Å². The van der Waals surface area contributed by atoms with E-state index in [9.17, 15) is 17.6 Å².